The Morgan fingerprint density at radius 3 is 2.64 bits per heavy atom. The Morgan fingerprint density at radius 2 is 2.05 bits per heavy atom. The van der Waals surface area contributed by atoms with Gasteiger partial charge in [0.05, 0.1) is 12.1 Å². The summed E-state index contributed by atoms with van der Waals surface area (Å²) < 4.78 is 37.5. The van der Waals surface area contributed by atoms with Gasteiger partial charge in [-0.1, -0.05) is 6.07 Å². The molecule has 0 fully saturated rings. The molecule has 8 heteroatoms. The summed E-state index contributed by atoms with van der Waals surface area (Å²) in [5, 5.41) is 3.75. The van der Waals surface area contributed by atoms with Crippen molar-refractivity contribution >= 4 is 11.7 Å². The van der Waals surface area contributed by atoms with Crippen molar-refractivity contribution in [2.75, 3.05) is 11.9 Å². The van der Waals surface area contributed by atoms with Crippen LogP contribution in [0.5, 0.6) is 0 Å². The Kier molecular flexibility index (Phi) is 4.48. The monoisotopic (exact) mass is 312 g/mol. The van der Waals surface area contributed by atoms with E-state index in [2.05, 4.69) is 10.1 Å². The Balaban J connectivity index is 2.01. The molecular weight excluding hydrogens is 297 g/mol. The molecule has 5 nitrogen and oxygen atoms in total. The van der Waals surface area contributed by atoms with E-state index in [0.29, 0.717) is 5.82 Å². The van der Waals surface area contributed by atoms with Gasteiger partial charge in [-0.3, -0.25) is 14.4 Å². The number of pyridine rings is 1. The van der Waals surface area contributed by atoms with Gasteiger partial charge in [-0.2, -0.15) is 18.3 Å². The van der Waals surface area contributed by atoms with Crippen molar-refractivity contribution in [1.82, 2.24) is 14.8 Å². The molecule has 0 radical (unpaired) electrons. The SMILES string of the molecule is Cc1ccc(N(C)C(=O)Cc2ccn(CC(F)(F)F)n2)nc1. The number of carbonyl (C=O) groups excluding carboxylic acids is 1. The Hall–Kier alpha value is -2.38. The van der Waals surface area contributed by atoms with Crippen LogP contribution >= 0.6 is 0 Å². The minimum atomic E-state index is -4.34. The van der Waals surface area contributed by atoms with Gasteiger partial charge in [0, 0.05) is 19.4 Å². The summed E-state index contributed by atoms with van der Waals surface area (Å²) >= 11 is 0. The zero-order valence-electron chi connectivity index (χ0n) is 12.1. The molecule has 0 atom stereocenters. The average molecular weight is 312 g/mol. The number of nitrogens with zero attached hydrogens (tertiary/aromatic N) is 4. The van der Waals surface area contributed by atoms with E-state index in [1.54, 1.807) is 19.3 Å². The first-order valence-electron chi connectivity index (χ1n) is 6.53. The fraction of sp³-hybridized carbons (Fsp3) is 0.357. The van der Waals surface area contributed by atoms with E-state index in [4.69, 9.17) is 0 Å². The summed E-state index contributed by atoms with van der Waals surface area (Å²) in [5.74, 6) is 0.180. The van der Waals surface area contributed by atoms with E-state index in [1.807, 2.05) is 13.0 Å². The molecular formula is C14H15F3N4O. The number of aryl methyl sites for hydroxylation is 1. The quantitative estimate of drug-likeness (QED) is 0.871. The Labute approximate surface area is 125 Å². The van der Waals surface area contributed by atoms with Crippen LogP contribution in [0.1, 0.15) is 11.3 Å². The van der Waals surface area contributed by atoms with Crippen molar-refractivity contribution in [1.29, 1.82) is 0 Å². The van der Waals surface area contributed by atoms with Crippen LogP contribution in [0, 0.1) is 6.92 Å². The Morgan fingerprint density at radius 1 is 1.32 bits per heavy atom. The van der Waals surface area contributed by atoms with Gasteiger partial charge in [0.2, 0.25) is 5.91 Å². The van der Waals surface area contributed by atoms with Crippen LogP contribution in [-0.4, -0.2) is 33.9 Å². The molecule has 2 heterocycles. The maximum atomic E-state index is 12.3. The van der Waals surface area contributed by atoms with E-state index < -0.39 is 12.7 Å². The van der Waals surface area contributed by atoms with Crippen molar-refractivity contribution < 1.29 is 18.0 Å². The average Bonchev–Trinajstić information content (AvgIpc) is 2.83. The third-order valence-corrected chi connectivity index (χ3v) is 2.98. The number of anilines is 1. The van der Waals surface area contributed by atoms with Gasteiger partial charge < -0.3 is 0 Å². The molecule has 0 saturated heterocycles. The number of alkyl halides is 3. The van der Waals surface area contributed by atoms with E-state index >= 15 is 0 Å². The second kappa shape index (κ2) is 6.17. The lowest BCUT2D eigenvalue weighted by Gasteiger charge is -2.15. The fourth-order valence-corrected chi connectivity index (χ4v) is 1.83. The predicted octanol–water partition coefficient (Wildman–Crippen LogP) is 2.35. The smallest absolute Gasteiger partial charge is 0.300 e. The number of carbonyl (C=O) groups is 1. The highest BCUT2D eigenvalue weighted by atomic mass is 19.4. The second-order valence-corrected chi connectivity index (χ2v) is 4.94. The standard InChI is InChI=1S/C14H15F3N4O/c1-10-3-4-12(18-8-10)20(2)13(22)7-11-5-6-21(19-11)9-14(15,16)17/h3-6,8H,7,9H2,1-2H3. The van der Waals surface area contributed by atoms with Crippen molar-refractivity contribution in [2.24, 2.45) is 0 Å². The number of hydrogen-bond acceptors (Lipinski definition) is 3. The summed E-state index contributed by atoms with van der Waals surface area (Å²) in [6.45, 7) is 0.711. The van der Waals surface area contributed by atoms with Crippen LogP contribution in [0.2, 0.25) is 0 Å². The zero-order chi connectivity index (χ0) is 16.3. The van der Waals surface area contributed by atoms with Crippen molar-refractivity contribution in [3.63, 3.8) is 0 Å². The van der Waals surface area contributed by atoms with E-state index in [9.17, 15) is 18.0 Å². The van der Waals surface area contributed by atoms with Crippen LogP contribution in [0.25, 0.3) is 0 Å². The molecule has 0 aliphatic carbocycles. The van der Waals surface area contributed by atoms with Crippen LogP contribution in [0.4, 0.5) is 19.0 Å². The predicted molar refractivity (Wildman–Crippen MR) is 74.4 cm³/mol. The lowest BCUT2D eigenvalue weighted by Crippen LogP contribution is -2.28. The summed E-state index contributed by atoms with van der Waals surface area (Å²) in [5.41, 5.74) is 1.25. The Bertz CT molecular complexity index is 649. The van der Waals surface area contributed by atoms with Gasteiger partial charge in [-0.05, 0) is 24.6 Å². The summed E-state index contributed by atoms with van der Waals surface area (Å²) in [7, 11) is 1.56. The van der Waals surface area contributed by atoms with Gasteiger partial charge in [0.15, 0.2) is 0 Å². The van der Waals surface area contributed by atoms with E-state index in [1.165, 1.54) is 17.2 Å². The highest BCUT2D eigenvalue weighted by Crippen LogP contribution is 2.17. The highest BCUT2D eigenvalue weighted by molar-refractivity contribution is 5.93. The van der Waals surface area contributed by atoms with Crippen molar-refractivity contribution in [2.45, 2.75) is 26.1 Å². The molecule has 0 saturated carbocycles. The molecule has 0 bridgehead atoms. The van der Waals surface area contributed by atoms with Gasteiger partial charge in [-0.25, -0.2) is 4.98 Å². The molecule has 0 unspecified atom stereocenters. The third-order valence-electron chi connectivity index (χ3n) is 2.98. The molecule has 2 aromatic rings. The molecule has 1 amide bonds. The van der Waals surface area contributed by atoms with Crippen LogP contribution < -0.4 is 4.90 Å². The summed E-state index contributed by atoms with van der Waals surface area (Å²) in [4.78, 5) is 17.6. The molecule has 0 aliphatic rings. The van der Waals surface area contributed by atoms with Crippen molar-refractivity contribution in [3.8, 4) is 0 Å². The lowest BCUT2D eigenvalue weighted by molar-refractivity contribution is -0.142. The third kappa shape index (κ3) is 4.31. The van der Waals surface area contributed by atoms with Crippen LogP contribution in [0.15, 0.2) is 30.6 Å². The lowest BCUT2D eigenvalue weighted by atomic mass is 10.2. The molecule has 22 heavy (non-hydrogen) atoms. The number of aromatic nitrogens is 3. The number of halogens is 3. The normalized spacial score (nSPS) is 11.5. The first-order chi connectivity index (χ1) is 10.2. The molecule has 2 aromatic heterocycles. The number of likely N-dealkylation sites (N-methyl/N-ethyl adjacent to an activating group) is 1. The fourth-order valence-electron chi connectivity index (χ4n) is 1.83. The van der Waals surface area contributed by atoms with Gasteiger partial charge in [0.25, 0.3) is 0 Å². The second-order valence-electron chi connectivity index (χ2n) is 4.94. The highest BCUT2D eigenvalue weighted by Gasteiger charge is 2.28. The molecule has 0 aromatic carbocycles. The summed E-state index contributed by atoms with van der Waals surface area (Å²) in [6.07, 6.45) is -1.58. The molecule has 2 rings (SSSR count). The first-order valence-corrected chi connectivity index (χ1v) is 6.53. The molecule has 0 spiro atoms. The number of amides is 1. The number of rotatable bonds is 4. The molecule has 118 valence electrons. The van der Waals surface area contributed by atoms with E-state index in [-0.39, 0.29) is 18.0 Å². The largest absolute Gasteiger partial charge is 0.408 e. The number of hydrogen-bond donors (Lipinski definition) is 0. The molecule has 0 aliphatic heterocycles. The topological polar surface area (TPSA) is 51.0 Å². The van der Waals surface area contributed by atoms with Crippen LogP contribution in [-0.2, 0) is 17.8 Å². The van der Waals surface area contributed by atoms with Crippen molar-refractivity contribution in [3.05, 3.63) is 41.9 Å². The van der Waals surface area contributed by atoms with E-state index in [0.717, 1.165) is 10.2 Å². The van der Waals surface area contributed by atoms with Crippen LogP contribution in [0.3, 0.4) is 0 Å². The minimum Gasteiger partial charge on any atom is -0.300 e. The zero-order valence-corrected chi connectivity index (χ0v) is 12.1. The van der Waals surface area contributed by atoms with Gasteiger partial charge in [-0.15, -0.1) is 0 Å². The molecule has 0 N–H and O–H groups in total. The summed E-state index contributed by atoms with van der Waals surface area (Å²) in [6, 6.07) is 4.93. The minimum absolute atomic E-state index is 0.0864. The maximum Gasteiger partial charge on any atom is 0.408 e. The van der Waals surface area contributed by atoms with Gasteiger partial charge >= 0.3 is 6.18 Å². The maximum absolute atomic E-state index is 12.3. The first kappa shape index (κ1) is 16.0. The van der Waals surface area contributed by atoms with Gasteiger partial charge in [0.1, 0.15) is 12.4 Å².